The molecule has 2 aromatic heterocycles. The monoisotopic (exact) mass is 366 g/mol. The van der Waals surface area contributed by atoms with E-state index in [0.29, 0.717) is 17.6 Å². The smallest absolute Gasteiger partial charge is 0.276 e. The Morgan fingerprint density at radius 1 is 1.15 bits per heavy atom. The molecule has 0 saturated heterocycles. The molecule has 6 nitrogen and oxygen atoms in total. The van der Waals surface area contributed by atoms with E-state index in [1.54, 1.807) is 17.4 Å². The maximum absolute atomic E-state index is 12.5. The zero-order valence-corrected chi connectivity index (χ0v) is 15.0. The number of hydrogen-bond acceptors (Lipinski definition) is 6. The lowest BCUT2D eigenvalue weighted by molar-refractivity contribution is 0.102. The molecule has 0 saturated carbocycles. The highest BCUT2D eigenvalue weighted by atomic mass is 32.1. The van der Waals surface area contributed by atoms with Gasteiger partial charge in [-0.05, 0) is 31.2 Å². The predicted molar refractivity (Wildman–Crippen MR) is 99.5 cm³/mol. The Hall–Kier alpha value is -2.80. The number of nitrogens with zero attached hydrogens (tertiary/aromatic N) is 3. The van der Waals surface area contributed by atoms with Crippen LogP contribution in [0.25, 0.3) is 0 Å². The van der Waals surface area contributed by atoms with Crippen LogP contribution in [0.3, 0.4) is 0 Å². The summed E-state index contributed by atoms with van der Waals surface area (Å²) in [6, 6.07) is 11.3. The summed E-state index contributed by atoms with van der Waals surface area (Å²) in [5.41, 5.74) is 2.41. The van der Waals surface area contributed by atoms with Crippen LogP contribution in [-0.2, 0) is 19.4 Å². The lowest BCUT2D eigenvalue weighted by Crippen LogP contribution is -2.14. The second kappa shape index (κ2) is 7.61. The van der Waals surface area contributed by atoms with E-state index in [2.05, 4.69) is 20.3 Å². The molecule has 26 heavy (non-hydrogen) atoms. The van der Waals surface area contributed by atoms with E-state index in [1.165, 1.54) is 17.6 Å². The highest BCUT2D eigenvalue weighted by Crippen LogP contribution is 2.29. The molecule has 3 aromatic rings. The number of amides is 1. The van der Waals surface area contributed by atoms with Crippen molar-refractivity contribution in [2.24, 2.45) is 0 Å². The summed E-state index contributed by atoms with van der Waals surface area (Å²) in [7, 11) is 0. The molecule has 7 heteroatoms. The number of aromatic nitrogens is 3. The minimum absolute atomic E-state index is 0.260. The summed E-state index contributed by atoms with van der Waals surface area (Å²) in [6.45, 7) is 0.387. The first-order chi connectivity index (χ1) is 12.8. The number of ether oxygens (including phenoxy) is 1. The third kappa shape index (κ3) is 3.88. The third-order valence-corrected chi connectivity index (χ3v) is 5.24. The average Bonchev–Trinajstić information content (AvgIpc) is 3.09. The number of carbonyl (C=O) groups excluding carboxylic acids is 1. The summed E-state index contributed by atoms with van der Waals surface area (Å²) < 4.78 is 5.66. The Morgan fingerprint density at radius 3 is 2.85 bits per heavy atom. The Kier molecular flexibility index (Phi) is 4.88. The summed E-state index contributed by atoms with van der Waals surface area (Å²) in [6.07, 6.45) is 5.73. The van der Waals surface area contributed by atoms with Gasteiger partial charge in [0.25, 0.3) is 5.91 Å². The summed E-state index contributed by atoms with van der Waals surface area (Å²) in [4.78, 5) is 26.4. The number of benzene rings is 1. The molecule has 0 spiro atoms. The largest absolute Gasteiger partial charge is 0.473 e. The van der Waals surface area contributed by atoms with E-state index >= 15 is 0 Å². The van der Waals surface area contributed by atoms with Gasteiger partial charge in [0.05, 0.1) is 5.69 Å². The van der Waals surface area contributed by atoms with Crippen molar-refractivity contribution in [1.82, 2.24) is 15.0 Å². The molecule has 0 fully saturated rings. The molecule has 0 radical (unpaired) electrons. The van der Waals surface area contributed by atoms with Crippen molar-refractivity contribution in [1.29, 1.82) is 0 Å². The first-order valence-corrected chi connectivity index (χ1v) is 9.38. The van der Waals surface area contributed by atoms with Gasteiger partial charge in [0.15, 0.2) is 5.13 Å². The van der Waals surface area contributed by atoms with E-state index in [-0.39, 0.29) is 11.6 Å². The average molecular weight is 366 g/mol. The minimum atomic E-state index is -0.303. The molecule has 1 aliphatic rings. The molecule has 0 atom stereocenters. The minimum Gasteiger partial charge on any atom is -0.473 e. The van der Waals surface area contributed by atoms with Gasteiger partial charge in [-0.3, -0.25) is 10.1 Å². The zero-order chi connectivity index (χ0) is 17.8. The molecule has 1 aromatic carbocycles. The van der Waals surface area contributed by atoms with Crippen molar-refractivity contribution in [2.75, 3.05) is 5.32 Å². The Balaban J connectivity index is 1.42. The normalized spacial score (nSPS) is 13.1. The molecular weight excluding hydrogens is 348 g/mol. The highest BCUT2D eigenvalue weighted by Gasteiger charge is 2.17. The lowest BCUT2D eigenvalue weighted by Gasteiger charge is -2.06. The van der Waals surface area contributed by atoms with E-state index in [0.717, 1.165) is 30.5 Å². The van der Waals surface area contributed by atoms with Crippen LogP contribution in [0.15, 0.2) is 42.7 Å². The number of thiazole rings is 1. The number of aryl methyl sites for hydroxylation is 2. The Labute approximate surface area is 155 Å². The van der Waals surface area contributed by atoms with Gasteiger partial charge in [-0.2, -0.15) is 0 Å². The van der Waals surface area contributed by atoms with Crippen molar-refractivity contribution < 1.29 is 9.53 Å². The van der Waals surface area contributed by atoms with E-state index in [9.17, 15) is 4.79 Å². The van der Waals surface area contributed by atoms with Gasteiger partial charge in [0, 0.05) is 10.9 Å². The van der Waals surface area contributed by atoms with E-state index in [4.69, 9.17) is 4.74 Å². The molecule has 0 aliphatic heterocycles. The van der Waals surface area contributed by atoms with Crippen LogP contribution in [-0.4, -0.2) is 20.9 Å². The summed E-state index contributed by atoms with van der Waals surface area (Å²) in [5, 5.41) is 3.47. The van der Waals surface area contributed by atoms with Crippen LogP contribution in [0.2, 0.25) is 0 Å². The predicted octanol–water partition coefficient (Wildman–Crippen LogP) is 3.64. The number of rotatable bonds is 5. The van der Waals surface area contributed by atoms with Crippen molar-refractivity contribution in [3.63, 3.8) is 0 Å². The van der Waals surface area contributed by atoms with Gasteiger partial charge < -0.3 is 4.74 Å². The topological polar surface area (TPSA) is 77.0 Å². The zero-order valence-electron chi connectivity index (χ0n) is 14.1. The maximum Gasteiger partial charge on any atom is 0.276 e. The van der Waals surface area contributed by atoms with Gasteiger partial charge in [0.2, 0.25) is 5.88 Å². The molecule has 132 valence electrons. The molecule has 2 heterocycles. The standard InChI is InChI=1S/C19H18N4O2S/c24-18(23-19-22-14-8-4-5-9-16(14)26-19)15-10-17(21-12-20-15)25-11-13-6-2-1-3-7-13/h1-3,6-7,10,12H,4-5,8-9,11H2,(H,22,23,24). The quantitative estimate of drug-likeness (QED) is 0.746. The maximum atomic E-state index is 12.5. The second-order valence-corrected chi connectivity index (χ2v) is 7.15. The van der Waals surface area contributed by atoms with Crippen LogP contribution in [0.1, 0.15) is 39.5 Å². The summed E-state index contributed by atoms with van der Waals surface area (Å²) in [5.74, 6) is 0.0653. The van der Waals surface area contributed by atoms with Crippen LogP contribution >= 0.6 is 11.3 Å². The molecule has 1 amide bonds. The van der Waals surface area contributed by atoms with Crippen molar-refractivity contribution in [2.45, 2.75) is 32.3 Å². The van der Waals surface area contributed by atoms with Crippen LogP contribution in [0, 0.1) is 0 Å². The number of carbonyl (C=O) groups is 1. The van der Waals surface area contributed by atoms with Crippen LogP contribution in [0.4, 0.5) is 5.13 Å². The number of nitrogens with one attached hydrogen (secondary N) is 1. The van der Waals surface area contributed by atoms with Gasteiger partial charge >= 0.3 is 0 Å². The van der Waals surface area contributed by atoms with E-state index < -0.39 is 0 Å². The SMILES string of the molecule is O=C(Nc1nc2c(s1)CCCC2)c1cc(OCc2ccccc2)ncn1. The van der Waals surface area contributed by atoms with Crippen LogP contribution < -0.4 is 10.1 Å². The molecule has 4 rings (SSSR count). The Morgan fingerprint density at radius 2 is 2.00 bits per heavy atom. The van der Waals surface area contributed by atoms with Crippen molar-refractivity contribution in [3.8, 4) is 5.88 Å². The van der Waals surface area contributed by atoms with Gasteiger partial charge in [-0.15, -0.1) is 11.3 Å². The molecule has 0 unspecified atom stereocenters. The number of anilines is 1. The lowest BCUT2D eigenvalue weighted by atomic mass is 10.0. The third-order valence-electron chi connectivity index (χ3n) is 4.17. The fourth-order valence-corrected chi connectivity index (χ4v) is 3.89. The molecule has 1 aliphatic carbocycles. The van der Waals surface area contributed by atoms with Gasteiger partial charge in [-0.25, -0.2) is 15.0 Å². The number of fused-ring (bicyclic) bond motifs is 1. The van der Waals surface area contributed by atoms with Gasteiger partial charge in [-0.1, -0.05) is 30.3 Å². The highest BCUT2D eigenvalue weighted by molar-refractivity contribution is 7.15. The van der Waals surface area contributed by atoms with E-state index in [1.807, 2.05) is 30.3 Å². The molecular formula is C19H18N4O2S. The first-order valence-electron chi connectivity index (χ1n) is 8.56. The number of hydrogen-bond donors (Lipinski definition) is 1. The molecule has 1 N–H and O–H groups in total. The fourth-order valence-electron chi connectivity index (χ4n) is 2.84. The first kappa shape index (κ1) is 16.7. The van der Waals surface area contributed by atoms with Crippen LogP contribution in [0.5, 0.6) is 5.88 Å². The second-order valence-electron chi connectivity index (χ2n) is 6.07. The Bertz CT molecular complexity index is 887. The van der Waals surface area contributed by atoms with Crippen molar-refractivity contribution in [3.05, 3.63) is 64.6 Å². The van der Waals surface area contributed by atoms with Crippen molar-refractivity contribution >= 4 is 22.4 Å². The fraction of sp³-hybridized carbons (Fsp3) is 0.263. The molecule has 0 bridgehead atoms. The summed E-state index contributed by atoms with van der Waals surface area (Å²) >= 11 is 1.55. The van der Waals surface area contributed by atoms with Gasteiger partial charge in [0.1, 0.15) is 18.6 Å².